The van der Waals surface area contributed by atoms with E-state index in [0.717, 1.165) is 16.1 Å². The molecule has 0 aliphatic rings. The van der Waals surface area contributed by atoms with Crippen molar-refractivity contribution in [3.05, 3.63) is 38.0 Å². The molecule has 0 bridgehead atoms. The first kappa shape index (κ1) is 14.7. The highest BCUT2D eigenvalue weighted by molar-refractivity contribution is 7.12. The number of nitrogens with one attached hydrogen (secondary N) is 1. The Morgan fingerprint density at radius 1 is 1.50 bits per heavy atom. The van der Waals surface area contributed by atoms with E-state index in [4.69, 9.17) is 5.11 Å². The van der Waals surface area contributed by atoms with E-state index in [1.165, 1.54) is 11.3 Å². The Bertz CT molecular complexity index is 649. The average molecular weight is 306 g/mol. The van der Waals surface area contributed by atoms with Crippen LogP contribution in [0, 0.1) is 18.8 Å². The minimum absolute atomic E-state index is 0.0634. The van der Waals surface area contributed by atoms with Gasteiger partial charge in [-0.05, 0) is 18.4 Å². The van der Waals surface area contributed by atoms with E-state index in [1.54, 1.807) is 16.8 Å². The van der Waals surface area contributed by atoms with Gasteiger partial charge in [0.1, 0.15) is 4.88 Å². The molecular weight excluding hydrogens is 292 g/mol. The number of aliphatic hydroxyl groups is 1. The molecule has 0 aliphatic carbocycles. The number of thiophene rings is 1. The lowest BCUT2D eigenvalue weighted by Gasteiger charge is -2.03. The molecule has 0 aromatic carbocycles. The number of carbonyl (C=O) groups is 1. The van der Waals surface area contributed by atoms with Gasteiger partial charge in [-0.25, -0.2) is 4.98 Å². The third kappa shape index (κ3) is 3.67. The molecule has 0 saturated carbocycles. The van der Waals surface area contributed by atoms with Gasteiger partial charge in [-0.15, -0.1) is 22.7 Å². The Labute approximate surface area is 125 Å². The molecule has 20 heavy (non-hydrogen) atoms. The lowest BCUT2D eigenvalue weighted by atomic mass is 10.2. The maximum atomic E-state index is 12.0. The molecule has 2 N–H and O–H groups in total. The molecule has 0 saturated heterocycles. The van der Waals surface area contributed by atoms with E-state index in [9.17, 15) is 4.79 Å². The quantitative estimate of drug-likeness (QED) is 0.851. The van der Waals surface area contributed by atoms with Crippen LogP contribution < -0.4 is 5.32 Å². The minimum atomic E-state index is -0.104. The third-order valence-corrected chi connectivity index (χ3v) is 4.41. The summed E-state index contributed by atoms with van der Waals surface area (Å²) in [4.78, 5) is 17.7. The lowest BCUT2D eigenvalue weighted by Crippen LogP contribution is -2.22. The van der Waals surface area contributed by atoms with Crippen LogP contribution in [0.5, 0.6) is 0 Å². The summed E-state index contributed by atoms with van der Waals surface area (Å²) in [5, 5.41) is 13.5. The van der Waals surface area contributed by atoms with Crippen molar-refractivity contribution in [1.82, 2.24) is 10.3 Å². The van der Waals surface area contributed by atoms with E-state index in [0.29, 0.717) is 17.8 Å². The number of aryl methyl sites for hydroxylation is 1. The molecule has 0 radical (unpaired) electrons. The zero-order valence-corrected chi connectivity index (χ0v) is 12.6. The molecule has 0 fully saturated rings. The molecule has 2 aromatic rings. The average Bonchev–Trinajstić information content (AvgIpc) is 3.05. The number of rotatable bonds is 4. The molecule has 0 aliphatic heterocycles. The molecule has 1 amide bonds. The van der Waals surface area contributed by atoms with Crippen LogP contribution in [0.2, 0.25) is 0 Å². The molecule has 0 atom stereocenters. The summed E-state index contributed by atoms with van der Waals surface area (Å²) in [5.41, 5.74) is 3.33. The maximum absolute atomic E-state index is 12.0. The standard InChI is InChI=1S/C14H14N2O2S2/c1-10-13(20-9-16-10)14(18)15-8-12-11(5-7-19-12)4-2-3-6-17/h5,7,9,17H,3,6,8H2,1H3,(H,15,18). The predicted molar refractivity (Wildman–Crippen MR) is 80.9 cm³/mol. The highest BCUT2D eigenvalue weighted by Crippen LogP contribution is 2.17. The molecule has 2 heterocycles. The highest BCUT2D eigenvalue weighted by atomic mass is 32.1. The zero-order valence-electron chi connectivity index (χ0n) is 11.0. The fourth-order valence-electron chi connectivity index (χ4n) is 1.56. The number of thiazole rings is 1. The lowest BCUT2D eigenvalue weighted by molar-refractivity contribution is 0.0954. The van der Waals surface area contributed by atoms with E-state index in [2.05, 4.69) is 22.1 Å². The molecular formula is C14H14N2O2S2. The van der Waals surface area contributed by atoms with Crippen molar-refractivity contribution in [3.8, 4) is 11.8 Å². The van der Waals surface area contributed by atoms with E-state index >= 15 is 0 Å². The summed E-state index contributed by atoms with van der Waals surface area (Å²) in [5.74, 6) is 5.79. The van der Waals surface area contributed by atoms with E-state index < -0.39 is 0 Å². The molecule has 104 valence electrons. The van der Waals surface area contributed by atoms with Crippen molar-refractivity contribution in [2.75, 3.05) is 6.61 Å². The molecule has 0 unspecified atom stereocenters. The smallest absolute Gasteiger partial charge is 0.263 e. The number of amides is 1. The van der Waals surface area contributed by atoms with Crippen LogP contribution in [-0.2, 0) is 6.54 Å². The summed E-state index contributed by atoms with van der Waals surface area (Å²) in [6.07, 6.45) is 0.460. The van der Waals surface area contributed by atoms with E-state index in [-0.39, 0.29) is 12.5 Å². The SMILES string of the molecule is Cc1ncsc1C(=O)NCc1sccc1C#CCCO. The number of nitrogens with zero attached hydrogens (tertiary/aromatic N) is 1. The van der Waals surface area contributed by atoms with Crippen LogP contribution in [0.25, 0.3) is 0 Å². The third-order valence-electron chi connectivity index (χ3n) is 2.57. The zero-order chi connectivity index (χ0) is 14.4. The van der Waals surface area contributed by atoms with Gasteiger partial charge >= 0.3 is 0 Å². The minimum Gasteiger partial charge on any atom is -0.395 e. The second-order valence-corrected chi connectivity index (χ2v) is 5.84. The number of aromatic nitrogens is 1. The van der Waals surface area contributed by atoms with Crippen molar-refractivity contribution in [2.45, 2.75) is 19.9 Å². The Kier molecular flexibility index (Phi) is 5.30. The van der Waals surface area contributed by atoms with E-state index in [1.807, 2.05) is 18.4 Å². The van der Waals surface area contributed by atoms with Crippen molar-refractivity contribution in [3.63, 3.8) is 0 Å². The largest absolute Gasteiger partial charge is 0.395 e. The topological polar surface area (TPSA) is 62.2 Å². The summed E-state index contributed by atoms with van der Waals surface area (Å²) in [7, 11) is 0. The van der Waals surface area contributed by atoms with Crippen LogP contribution >= 0.6 is 22.7 Å². The van der Waals surface area contributed by atoms with Gasteiger partial charge in [-0.1, -0.05) is 11.8 Å². The van der Waals surface area contributed by atoms with Crippen LogP contribution in [0.1, 0.15) is 32.2 Å². The Balaban J connectivity index is 1.98. The highest BCUT2D eigenvalue weighted by Gasteiger charge is 2.12. The van der Waals surface area contributed by atoms with Crippen molar-refractivity contribution < 1.29 is 9.90 Å². The van der Waals surface area contributed by atoms with Crippen LogP contribution in [0.15, 0.2) is 17.0 Å². The first-order valence-corrected chi connectivity index (χ1v) is 7.82. The van der Waals surface area contributed by atoms with Crippen LogP contribution in [0.4, 0.5) is 0 Å². The summed E-state index contributed by atoms with van der Waals surface area (Å²) < 4.78 is 0. The van der Waals surface area contributed by atoms with Gasteiger partial charge in [-0.3, -0.25) is 4.79 Å². The van der Waals surface area contributed by atoms with Gasteiger partial charge in [0.15, 0.2) is 0 Å². The molecule has 4 nitrogen and oxygen atoms in total. The van der Waals surface area contributed by atoms with Crippen molar-refractivity contribution >= 4 is 28.6 Å². The van der Waals surface area contributed by atoms with Gasteiger partial charge in [-0.2, -0.15) is 0 Å². The normalized spacial score (nSPS) is 9.90. The van der Waals surface area contributed by atoms with Gasteiger partial charge in [0, 0.05) is 16.9 Å². The van der Waals surface area contributed by atoms with Gasteiger partial charge in [0.05, 0.1) is 24.4 Å². The molecule has 2 rings (SSSR count). The summed E-state index contributed by atoms with van der Waals surface area (Å²) in [6, 6.07) is 1.93. The first-order valence-electron chi connectivity index (χ1n) is 6.06. The first-order chi connectivity index (χ1) is 9.72. The second kappa shape index (κ2) is 7.20. The Morgan fingerprint density at radius 3 is 3.05 bits per heavy atom. The van der Waals surface area contributed by atoms with Gasteiger partial charge in [0.25, 0.3) is 5.91 Å². The van der Waals surface area contributed by atoms with Crippen molar-refractivity contribution in [2.24, 2.45) is 0 Å². The monoisotopic (exact) mass is 306 g/mol. The Hall–Kier alpha value is -1.68. The van der Waals surface area contributed by atoms with Gasteiger partial charge in [0.2, 0.25) is 0 Å². The second-order valence-electron chi connectivity index (χ2n) is 3.98. The predicted octanol–water partition coefficient (Wildman–Crippen LogP) is 2.18. The number of carbonyl (C=O) groups excluding carboxylic acids is 1. The molecule has 6 heteroatoms. The fourth-order valence-corrected chi connectivity index (χ4v) is 3.05. The molecule has 0 spiro atoms. The van der Waals surface area contributed by atoms with Crippen LogP contribution in [0.3, 0.4) is 0 Å². The number of hydrogen-bond donors (Lipinski definition) is 2. The summed E-state index contributed by atoms with van der Waals surface area (Å²) in [6.45, 7) is 2.34. The Morgan fingerprint density at radius 2 is 2.35 bits per heavy atom. The van der Waals surface area contributed by atoms with Gasteiger partial charge < -0.3 is 10.4 Å². The number of aliphatic hydroxyl groups excluding tert-OH is 1. The maximum Gasteiger partial charge on any atom is 0.263 e. The van der Waals surface area contributed by atoms with Crippen LogP contribution in [-0.4, -0.2) is 22.6 Å². The number of hydrogen-bond acceptors (Lipinski definition) is 5. The fraction of sp³-hybridized carbons (Fsp3) is 0.286. The van der Waals surface area contributed by atoms with Crippen molar-refractivity contribution in [1.29, 1.82) is 0 Å². The summed E-state index contributed by atoms with van der Waals surface area (Å²) >= 11 is 2.90. The molecule has 2 aromatic heterocycles.